The van der Waals surface area contributed by atoms with Crippen LogP contribution in [0.3, 0.4) is 0 Å². The summed E-state index contributed by atoms with van der Waals surface area (Å²) in [4.78, 5) is 24.1. The van der Waals surface area contributed by atoms with E-state index in [0.717, 1.165) is 30.8 Å². The Hall–Kier alpha value is -1.85. The molecule has 6 heteroatoms. The van der Waals surface area contributed by atoms with E-state index >= 15 is 0 Å². The van der Waals surface area contributed by atoms with E-state index < -0.39 is 0 Å². The van der Waals surface area contributed by atoms with Gasteiger partial charge in [0.05, 0.1) is 5.69 Å². The molecule has 1 fully saturated rings. The lowest BCUT2D eigenvalue weighted by Gasteiger charge is -2.22. The van der Waals surface area contributed by atoms with Crippen molar-refractivity contribution in [3.8, 4) is 0 Å². The van der Waals surface area contributed by atoms with Crippen LogP contribution in [-0.4, -0.2) is 34.2 Å². The molecule has 1 saturated carbocycles. The molecule has 0 aliphatic heterocycles. The summed E-state index contributed by atoms with van der Waals surface area (Å²) in [5.74, 6) is 0.582. The highest BCUT2D eigenvalue weighted by Crippen LogP contribution is 2.18. The second-order valence-corrected chi connectivity index (χ2v) is 8.23. The first-order chi connectivity index (χ1) is 12.9. The van der Waals surface area contributed by atoms with Crippen LogP contribution in [0.2, 0.25) is 0 Å². The van der Waals surface area contributed by atoms with Crippen LogP contribution in [0.25, 0.3) is 0 Å². The number of amides is 2. The van der Waals surface area contributed by atoms with E-state index in [1.165, 1.54) is 24.8 Å². The van der Waals surface area contributed by atoms with E-state index in [2.05, 4.69) is 36.5 Å². The number of nitrogens with one attached hydrogen (secondary N) is 2. The van der Waals surface area contributed by atoms with Crippen LogP contribution in [0, 0.1) is 19.8 Å². The number of aromatic nitrogens is 2. The summed E-state index contributed by atoms with van der Waals surface area (Å²) in [6.07, 6.45) is 7.32. The van der Waals surface area contributed by atoms with Gasteiger partial charge in [-0.15, -0.1) is 0 Å². The van der Waals surface area contributed by atoms with Gasteiger partial charge in [-0.3, -0.25) is 14.3 Å². The van der Waals surface area contributed by atoms with Crippen molar-refractivity contribution in [3.63, 3.8) is 0 Å². The molecule has 27 heavy (non-hydrogen) atoms. The van der Waals surface area contributed by atoms with Gasteiger partial charge in [-0.1, -0.05) is 33.1 Å². The van der Waals surface area contributed by atoms with Crippen LogP contribution >= 0.6 is 0 Å². The molecule has 0 bridgehead atoms. The van der Waals surface area contributed by atoms with Gasteiger partial charge in [-0.25, -0.2) is 0 Å². The van der Waals surface area contributed by atoms with E-state index in [0.29, 0.717) is 37.8 Å². The number of hydrogen-bond donors (Lipinski definition) is 2. The van der Waals surface area contributed by atoms with Crippen LogP contribution in [0.4, 0.5) is 0 Å². The Morgan fingerprint density at radius 3 is 2.48 bits per heavy atom. The quantitative estimate of drug-likeness (QED) is 0.695. The molecule has 2 N–H and O–H groups in total. The van der Waals surface area contributed by atoms with E-state index in [4.69, 9.17) is 0 Å². The molecule has 152 valence electrons. The molecular weight excluding hydrogens is 340 g/mol. The minimum Gasteiger partial charge on any atom is -0.356 e. The number of hydrogen-bond acceptors (Lipinski definition) is 3. The zero-order chi connectivity index (χ0) is 19.8. The maximum atomic E-state index is 12.1. The van der Waals surface area contributed by atoms with Crippen molar-refractivity contribution in [2.45, 2.75) is 91.6 Å². The fourth-order valence-electron chi connectivity index (χ4n) is 3.81. The highest BCUT2D eigenvalue weighted by Gasteiger charge is 2.16. The van der Waals surface area contributed by atoms with Gasteiger partial charge < -0.3 is 10.6 Å². The lowest BCUT2D eigenvalue weighted by atomic mass is 9.95. The third kappa shape index (κ3) is 7.00. The Labute approximate surface area is 163 Å². The Kier molecular flexibility index (Phi) is 8.32. The molecule has 2 rings (SSSR count). The third-order valence-electron chi connectivity index (χ3n) is 5.32. The molecule has 1 aliphatic rings. The Morgan fingerprint density at radius 1 is 1.11 bits per heavy atom. The summed E-state index contributed by atoms with van der Waals surface area (Å²) in [5, 5.41) is 10.6. The summed E-state index contributed by atoms with van der Waals surface area (Å²) >= 11 is 0. The number of aryl methyl sites for hydroxylation is 1. The van der Waals surface area contributed by atoms with Crippen LogP contribution in [-0.2, 0) is 22.6 Å². The minimum absolute atomic E-state index is 0.00382. The fourth-order valence-corrected chi connectivity index (χ4v) is 3.81. The molecule has 1 heterocycles. The Balaban J connectivity index is 1.69. The first-order valence-corrected chi connectivity index (χ1v) is 10.5. The summed E-state index contributed by atoms with van der Waals surface area (Å²) < 4.78 is 2.04. The summed E-state index contributed by atoms with van der Waals surface area (Å²) in [6, 6.07) is 0.329. The molecule has 2 amide bonds. The average Bonchev–Trinajstić information content (AvgIpc) is 2.86. The number of nitrogens with zero attached hydrogens (tertiary/aromatic N) is 2. The zero-order valence-corrected chi connectivity index (χ0v) is 17.4. The van der Waals surface area contributed by atoms with Crippen LogP contribution < -0.4 is 10.6 Å². The van der Waals surface area contributed by atoms with E-state index in [1.807, 2.05) is 11.6 Å². The Bertz CT molecular complexity index is 630. The van der Waals surface area contributed by atoms with Crippen molar-refractivity contribution < 1.29 is 9.59 Å². The highest BCUT2D eigenvalue weighted by atomic mass is 16.2. The normalized spacial score (nSPS) is 15.1. The largest absolute Gasteiger partial charge is 0.356 e. The molecule has 1 aromatic rings. The smallest absolute Gasteiger partial charge is 0.221 e. The fraction of sp³-hybridized carbons (Fsp3) is 0.762. The molecular formula is C21H36N4O2. The maximum absolute atomic E-state index is 12.1. The van der Waals surface area contributed by atoms with Crippen molar-refractivity contribution >= 4 is 11.8 Å². The molecule has 1 aliphatic carbocycles. The lowest BCUT2D eigenvalue weighted by molar-refractivity contribution is -0.122. The Morgan fingerprint density at radius 2 is 1.81 bits per heavy atom. The van der Waals surface area contributed by atoms with Crippen LogP contribution in [0.5, 0.6) is 0 Å². The van der Waals surface area contributed by atoms with Gasteiger partial charge in [0.15, 0.2) is 0 Å². The molecule has 0 unspecified atom stereocenters. The SMILES string of the molecule is Cc1nn(CC(C)C)c(C)c1CCC(=O)NCCC(=O)NC1CCCCC1. The summed E-state index contributed by atoms with van der Waals surface area (Å²) in [7, 11) is 0. The van der Waals surface area contributed by atoms with E-state index in [1.54, 1.807) is 0 Å². The van der Waals surface area contributed by atoms with E-state index in [9.17, 15) is 9.59 Å². The average molecular weight is 377 g/mol. The number of carbonyl (C=O) groups is 2. The molecule has 6 nitrogen and oxygen atoms in total. The van der Waals surface area contributed by atoms with Gasteiger partial charge in [0.25, 0.3) is 0 Å². The first-order valence-electron chi connectivity index (χ1n) is 10.5. The van der Waals surface area contributed by atoms with Gasteiger partial charge in [0, 0.05) is 37.7 Å². The van der Waals surface area contributed by atoms with Crippen molar-refractivity contribution in [2.24, 2.45) is 5.92 Å². The highest BCUT2D eigenvalue weighted by molar-refractivity contribution is 5.79. The molecule has 0 spiro atoms. The summed E-state index contributed by atoms with van der Waals surface area (Å²) in [5.41, 5.74) is 3.33. The van der Waals surface area contributed by atoms with Gasteiger partial charge in [0.1, 0.15) is 0 Å². The molecule has 0 radical (unpaired) electrons. The number of rotatable bonds is 9. The van der Waals surface area contributed by atoms with E-state index in [-0.39, 0.29) is 11.8 Å². The topological polar surface area (TPSA) is 76.0 Å². The monoisotopic (exact) mass is 376 g/mol. The molecule has 1 aromatic heterocycles. The molecule has 0 aromatic carbocycles. The van der Waals surface area contributed by atoms with Crippen molar-refractivity contribution in [1.82, 2.24) is 20.4 Å². The van der Waals surface area contributed by atoms with Gasteiger partial charge in [-0.2, -0.15) is 5.10 Å². The van der Waals surface area contributed by atoms with Gasteiger partial charge in [0.2, 0.25) is 11.8 Å². The first kappa shape index (κ1) is 21.5. The van der Waals surface area contributed by atoms with Gasteiger partial charge in [-0.05, 0) is 44.6 Å². The van der Waals surface area contributed by atoms with Gasteiger partial charge >= 0.3 is 0 Å². The zero-order valence-electron chi connectivity index (χ0n) is 17.4. The minimum atomic E-state index is -0.00382. The second kappa shape index (κ2) is 10.5. The van der Waals surface area contributed by atoms with Crippen molar-refractivity contribution in [1.29, 1.82) is 0 Å². The van der Waals surface area contributed by atoms with Crippen molar-refractivity contribution in [2.75, 3.05) is 6.54 Å². The van der Waals surface area contributed by atoms with Crippen LogP contribution in [0.15, 0.2) is 0 Å². The summed E-state index contributed by atoms with van der Waals surface area (Å²) in [6.45, 7) is 9.73. The lowest BCUT2D eigenvalue weighted by Crippen LogP contribution is -2.38. The predicted octanol–water partition coefficient (Wildman–Crippen LogP) is 3.04. The third-order valence-corrected chi connectivity index (χ3v) is 5.32. The molecule has 0 saturated heterocycles. The number of carbonyl (C=O) groups excluding carboxylic acids is 2. The van der Waals surface area contributed by atoms with Crippen LogP contribution in [0.1, 0.15) is 75.7 Å². The van der Waals surface area contributed by atoms with Crippen molar-refractivity contribution in [3.05, 3.63) is 17.0 Å². The standard InChI is InChI=1S/C21H36N4O2/c1-15(2)14-25-17(4)19(16(3)24-25)10-11-20(26)22-13-12-21(27)23-18-8-6-5-7-9-18/h15,18H,5-14H2,1-4H3,(H,22,26)(H,23,27). The maximum Gasteiger partial charge on any atom is 0.221 e. The predicted molar refractivity (Wildman–Crippen MR) is 108 cm³/mol. The molecule has 0 atom stereocenters. The second-order valence-electron chi connectivity index (χ2n) is 8.23.